The standard InChI is InChI=1S/C11H20/c1-3-4-5-8-11-9-6-7-10(11)2/h5,8,10-11H,3-4,6-7,9H2,1-2H3/b8-5-/t10?,11-/m1/s1. The Bertz CT molecular complexity index is 124. The SMILES string of the molecule is CCC/C=C\[C@@H]1CCCC1C. The largest absolute Gasteiger partial charge is 0.0883 e. The highest BCUT2D eigenvalue weighted by atomic mass is 14.2. The quantitative estimate of drug-likeness (QED) is 0.540. The van der Waals surface area contributed by atoms with E-state index in [1.165, 1.54) is 32.1 Å². The average Bonchev–Trinajstić information content (AvgIpc) is 2.37. The van der Waals surface area contributed by atoms with Crippen LogP contribution in [0.15, 0.2) is 12.2 Å². The maximum atomic E-state index is 2.45. The first-order valence-electron chi connectivity index (χ1n) is 5.01. The van der Waals surface area contributed by atoms with Gasteiger partial charge in [-0.1, -0.05) is 45.3 Å². The van der Waals surface area contributed by atoms with Crippen molar-refractivity contribution in [2.45, 2.75) is 46.0 Å². The van der Waals surface area contributed by atoms with Crippen molar-refractivity contribution in [2.24, 2.45) is 11.8 Å². The van der Waals surface area contributed by atoms with Gasteiger partial charge in [-0.15, -0.1) is 0 Å². The van der Waals surface area contributed by atoms with Gasteiger partial charge in [0.1, 0.15) is 0 Å². The lowest BCUT2D eigenvalue weighted by molar-refractivity contribution is 0.502. The molecule has 0 spiro atoms. The topological polar surface area (TPSA) is 0 Å². The molecule has 1 fully saturated rings. The summed E-state index contributed by atoms with van der Waals surface area (Å²) >= 11 is 0. The third-order valence-electron chi connectivity index (χ3n) is 2.77. The van der Waals surface area contributed by atoms with E-state index in [-0.39, 0.29) is 0 Å². The molecular weight excluding hydrogens is 132 g/mol. The lowest BCUT2D eigenvalue weighted by Crippen LogP contribution is -1.98. The van der Waals surface area contributed by atoms with Crippen LogP contribution in [0, 0.1) is 11.8 Å². The summed E-state index contributed by atoms with van der Waals surface area (Å²) in [6.45, 7) is 4.62. The van der Waals surface area contributed by atoms with E-state index in [0.29, 0.717) is 0 Å². The van der Waals surface area contributed by atoms with E-state index in [1.807, 2.05) is 0 Å². The summed E-state index contributed by atoms with van der Waals surface area (Å²) in [7, 11) is 0. The molecule has 64 valence electrons. The fourth-order valence-electron chi connectivity index (χ4n) is 1.90. The molecule has 0 aromatic carbocycles. The van der Waals surface area contributed by atoms with E-state index in [2.05, 4.69) is 26.0 Å². The molecule has 1 saturated carbocycles. The Labute approximate surface area is 70.7 Å². The zero-order valence-corrected chi connectivity index (χ0v) is 7.84. The van der Waals surface area contributed by atoms with Crippen LogP contribution < -0.4 is 0 Å². The van der Waals surface area contributed by atoms with Crippen molar-refractivity contribution in [2.75, 3.05) is 0 Å². The molecule has 0 nitrogen and oxygen atoms in total. The van der Waals surface area contributed by atoms with Gasteiger partial charge in [0.25, 0.3) is 0 Å². The first-order chi connectivity index (χ1) is 5.34. The number of hydrogen-bond acceptors (Lipinski definition) is 0. The van der Waals surface area contributed by atoms with E-state index in [4.69, 9.17) is 0 Å². The van der Waals surface area contributed by atoms with Crippen molar-refractivity contribution in [3.8, 4) is 0 Å². The van der Waals surface area contributed by atoms with Crippen molar-refractivity contribution in [1.82, 2.24) is 0 Å². The molecule has 0 radical (unpaired) electrons. The Kier molecular flexibility index (Phi) is 3.68. The van der Waals surface area contributed by atoms with Gasteiger partial charge in [-0.05, 0) is 24.7 Å². The molecule has 1 unspecified atom stereocenters. The third-order valence-corrected chi connectivity index (χ3v) is 2.77. The molecule has 11 heavy (non-hydrogen) atoms. The predicted molar refractivity (Wildman–Crippen MR) is 50.6 cm³/mol. The number of unbranched alkanes of at least 4 members (excludes halogenated alkanes) is 1. The molecule has 1 aliphatic rings. The van der Waals surface area contributed by atoms with E-state index >= 15 is 0 Å². The van der Waals surface area contributed by atoms with Crippen molar-refractivity contribution in [3.05, 3.63) is 12.2 Å². The van der Waals surface area contributed by atoms with Gasteiger partial charge in [0.05, 0.1) is 0 Å². The summed E-state index contributed by atoms with van der Waals surface area (Å²) in [5, 5.41) is 0. The van der Waals surface area contributed by atoms with Crippen molar-refractivity contribution < 1.29 is 0 Å². The molecule has 0 heteroatoms. The van der Waals surface area contributed by atoms with Crippen LogP contribution in [0.25, 0.3) is 0 Å². The smallest absolute Gasteiger partial charge is 0.0208 e. The zero-order valence-electron chi connectivity index (χ0n) is 7.84. The molecule has 0 aromatic heterocycles. The Hall–Kier alpha value is -0.260. The summed E-state index contributed by atoms with van der Waals surface area (Å²) in [5.74, 6) is 1.85. The lowest BCUT2D eigenvalue weighted by atomic mass is 9.97. The second kappa shape index (κ2) is 4.58. The van der Waals surface area contributed by atoms with Gasteiger partial charge >= 0.3 is 0 Å². The minimum atomic E-state index is 0.904. The molecular formula is C11H20. The van der Waals surface area contributed by atoms with E-state index in [0.717, 1.165) is 11.8 Å². The fourth-order valence-corrected chi connectivity index (χ4v) is 1.90. The Morgan fingerprint density at radius 2 is 2.18 bits per heavy atom. The van der Waals surface area contributed by atoms with Crippen molar-refractivity contribution in [3.63, 3.8) is 0 Å². The molecule has 1 rings (SSSR count). The van der Waals surface area contributed by atoms with Crippen LogP contribution in [0.1, 0.15) is 46.0 Å². The highest BCUT2D eigenvalue weighted by Gasteiger charge is 2.19. The highest BCUT2D eigenvalue weighted by molar-refractivity contribution is 4.93. The molecule has 0 heterocycles. The molecule has 0 N–H and O–H groups in total. The maximum absolute atomic E-state index is 2.45. The van der Waals surface area contributed by atoms with Gasteiger partial charge in [-0.25, -0.2) is 0 Å². The third kappa shape index (κ3) is 2.69. The van der Waals surface area contributed by atoms with Gasteiger partial charge < -0.3 is 0 Å². The van der Waals surface area contributed by atoms with Crippen LogP contribution in [0.4, 0.5) is 0 Å². The first-order valence-corrected chi connectivity index (χ1v) is 5.01. The zero-order chi connectivity index (χ0) is 8.10. The Morgan fingerprint density at radius 3 is 2.73 bits per heavy atom. The molecule has 0 amide bonds. The van der Waals surface area contributed by atoms with E-state index in [1.54, 1.807) is 0 Å². The van der Waals surface area contributed by atoms with Gasteiger partial charge in [0.15, 0.2) is 0 Å². The first kappa shape index (κ1) is 8.83. The predicted octanol–water partition coefficient (Wildman–Crippen LogP) is 3.78. The molecule has 1 aliphatic carbocycles. The summed E-state index contributed by atoms with van der Waals surface area (Å²) < 4.78 is 0. The van der Waals surface area contributed by atoms with Crippen molar-refractivity contribution in [1.29, 1.82) is 0 Å². The Balaban J connectivity index is 2.24. The van der Waals surface area contributed by atoms with Crippen molar-refractivity contribution >= 4 is 0 Å². The van der Waals surface area contributed by atoms with Gasteiger partial charge in [-0.3, -0.25) is 0 Å². The lowest BCUT2D eigenvalue weighted by Gasteiger charge is -2.08. The van der Waals surface area contributed by atoms with Crippen LogP contribution in [0.5, 0.6) is 0 Å². The summed E-state index contributed by atoms with van der Waals surface area (Å²) in [6, 6.07) is 0. The van der Waals surface area contributed by atoms with Crippen LogP contribution in [-0.4, -0.2) is 0 Å². The molecule has 0 bridgehead atoms. The second-order valence-electron chi connectivity index (χ2n) is 3.79. The van der Waals surface area contributed by atoms with E-state index in [9.17, 15) is 0 Å². The monoisotopic (exact) mass is 152 g/mol. The number of hydrogen-bond donors (Lipinski definition) is 0. The van der Waals surface area contributed by atoms with Crippen LogP contribution in [0.3, 0.4) is 0 Å². The summed E-state index contributed by atoms with van der Waals surface area (Å²) in [5.41, 5.74) is 0. The van der Waals surface area contributed by atoms with Gasteiger partial charge in [0.2, 0.25) is 0 Å². The van der Waals surface area contributed by atoms with Crippen LogP contribution in [0.2, 0.25) is 0 Å². The normalized spacial score (nSPS) is 31.8. The molecule has 0 aliphatic heterocycles. The minimum Gasteiger partial charge on any atom is -0.0883 e. The van der Waals surface area contributed by atoms with Crippen LogP contribution >= 0.6 is 0 Å². The van der Waals surface area contributed by atoms with Gasteiger partial charge in [-0.2, -0.15) is 0 Å². The summed E-state index contributed by atoms with van der Waals surface area (Å²) in [6.07, 6.45) is 11.7. The van der Waals surface area contributed by atoms with Crippen LogP contribution in [-0.2, 0) is 0 Å². The van der Waals surface area contributed by atoms with Gasteiger partial charge in [0, 0.05) is 0 Å². The summed E-state index contributed by atoms with van der Waals surface area (Å²) in [4.78, 5) is 0. The molecule has 0 aromatic rings. The number of allylic oxidation sites excluding steroid dienone is 2. The second-order valence-corrected chi connectivity index (χ2v) is 3.79. The minimum absolute atomic E-state index is 0.904. The van der Waals surface area contributed by atoms with E-state index < -0.39 is 0 Å². The maximum Gasteiger partial charge on any atom is -0.0208 e. The fraction of sp³-hybridized carbons (Fsp3) is 0.818. The number of rotatable bonds is 3. The Morgan fingerprint density at radius 1 is 1.36 bits per heavy atom. The average molecular weight is 152 g/mol. The molecule has 0 saturated heterocycles. The highest BCUT2D eigenvalue weighted by Crippen LogP contribution is 2.31. The molecule has 2 atom stereocenters.